The molecule has 1 aromatic carbocycles. The zero-order chi connectivity index (χ0) is 24.9. The molecule has 0 aliphatic carbocycles. The standard InChI is InChI=1S/C26H34N2O5S/c1-26(2,3)33-23(29)9-7-8-12-27-15-18-14-19-24(34-18)20(16-28(4)25(19)30)17-10-11-21(31-5)22(13-17)32-6/h10-11,13-14,16,27H,7-9,12,15H2,1-6H3. The third-order valence-corrected chi connectivity index (χ3v) is 6.47. The molecule has 2 aromatic heterocycles. The molecule has 7 nitrogen and oxygen atoms in total. The number of nitrogens with zero attached hydrogens (tertiary/aromatic N) is 1. The van der Waals surface area contributed by atoms with E-state index in [2.05, 4.69) is 5.32 Å². The predicted octanol–water partition coefficient (Wildman–Crippen LogP) is 4.89. The minimum atomic E-state index is -0.441. The number of pyridine rings is 1. The minimum Gasteiger partial charge on any atom is -0.493 e. The van der Waals surface area contributed by atoms with Crippen LogP contribution in [-0.4, -0.2) is 36.9 Å². The van der Waals surface area contributed by atoms with Gasteiger partial charge in [-0.05, 0) is 63.9 Å². The Morgan fingerprint density at radius 2 is 1.82 bits per heavy atom. The third kappa shape index (κ3) is 6.39. The molecular formula is C26H34N2O5S. The molecule has 0 aliphatic rings. The lowest BCUT2D eigenvalue weighted by Gasteiger charge is -2.19. The van der Waals surface area contributed by atoms with Crippen LogP contribution in [0.1, 0.15) is 44.9 Å². The molecule has 0 saturated carbocycles. The number of rotatable bonds is 10. The number of fused-ring (bicyclic) bond motifs is 1. The molecule has 0 amide bonds. The van der Waals surface area contributed by atoms with Crippen molar-refractivity contribution in [2.24, 2.45) is 7.05 Å². The second kappa shape index (κ2) is 11.1. The maximum atomic E-state index is 12.8. The maximum Gasteiger partial charge on any atom is 0.306 e. The van der Waals surface area contributed by atoms with Gasteiger partial charge in [-0.2, -0.15) is 0 Å². The summed E-state index contributed by atoms with van der Waals surface area (Å²) in [6.45, 7) is 7.09. The second-order valence-electron chi connectivity index (χ2n) is 9.20. The topological polar surface area (TPSA) is 78.8 Å². The molecule has 8 heteroatoms. The Labute approximate surface area is 204 Å². The van der Waals surface area contributed by atoms with Gasteiger partial charge in [0.2, 0.25) is 0 Å². The van der Waals surface area contributed by atoms with Crippen LogP contribution in [-0.2, 0) is 23.1 Å². The summed E-state index contributed by atoms with van der Waals surface area (Å²) in [5.74, 6) is 1.15. The number of esters is 1. The van der Waals surface area contributed by atoms with Crippen LogP contribution in [0.4, 0.5) is 0 Å². The van der Waals surface area contributed by atoms with Crippen molar-refractivity contribution in [3.8, 4) is 22.6 Å². The van der Waals surface area contributed by atoms with Crippen molar-refractivity contribution in [3.05, 3.63) is 45.7 Å². The van der Waals surface area contributed by atoms with Crippen LogP contribution >= 0.6 is 11.3 Å². The van der Waals surface area contributed by atoms with E-state index in [0.717, 1.165) is 40.1 Å². The number of carbonyl (C=O) groups excluding carboxylic acids is 1. The largest absolute Gasteiger partial charge is 0.493 e. The smallest absolute Gasteiger partial charge is 0.306 e. The quantitative estimate of drug-likeness (QED) is 0.325. The Balaban J connectivity index is 1.69. The fraction of sp³-hybridized carbons (Fsp3) is 0.462. The van der Waals surface area contributed by atoms with Crippen LogP contribution in [0, 0.1) is 0 Å². The summed E-state index contributed by atoms with van der Waals surface area (Å²) < 4.78 is 18.7. The van der Waals surface area contributed by atoms with Crippen LogP contribution in [0.5, 0.6) is 11.5 Å². The number of hydrogen-bond donors (Lipinski definition) is 1. The predicted molar refractivity (Wildman–Crippen MR) is 137 cm³/mol. The van der Waals surface area contributed by atoms with Crippen molar-refractivity contribution in [1.29, 1.82) is 0 Å². The molecule has 34 heavy (non-hydrogen) atoms. The van der Waals surface area contributed by atoms with Crippen LogP contribution < -0.4 is 20.3 Å². The van der Waals surface area contributed by atoms with Gasteiger partial charge in [0.25, 0.3) is 5.56 Å². The summed E-state index contributed by atoms with van der Waals surface area (Å²) in [6, 6.07) is 7.75. The highest BCUT2D eigenvalue weighted by atomic mass is 32.1. The molecule has 1 N–H and O–H groups in total. The molecule has 0 atom stereocenters. The summed E-state index contributed by atoms with van der Waals surface area (Å²) >= 11 is 1.62. The molecule has 0 spiro atoms. The van der Waals surface area contributed by atoms with Crippen LogP contribution in [0.15, 0.2) is 35.3 Å². The molecule has 0 bridgehead atoms. The number of carbonyl (C=O) groups is 1. The Kier molecular flexibility index (Phi) is 8.38. The van der Waals surface area contributed by atoms with Gasteiger partial charge >= 0.3 is 5.97 Å². The molecular weight excluding hydrogens is 452 g/mol. The zero-order valence-electron chi connectivity index (χ0n) is 20.8. The van der Waals surface area contributed by atoms with Gasteiger partial charge in [0.1, 0.15) is 5.60 Å². The molecule has 3 aromatic rings. The van der Waals surface area contributed by atoms with Crippen molar-refractivity contribution in [3.63, 3.8) is 0 Å². The second-order valence-corrected chi connectivity index (χ2v) is 10.3. The monoisotopic (exact) mass is 486 g/mol. The van der Waals surface area contributed by atoms with Gasteiger partial charge in [0.05, 0.1) is 19.6 Å². The Bertz CT molecular complexity index is 1210. The van der Waals surface area contributed by atoms with E-state index >= 15 is 0 Å². The number of aromatic nitrogens is 1. The number of benzene rings is 1. The van der Waals surface area contributed by atoms with Gasteiger partial charge < -0.3 is 24.1 Å². The van der Waals surface area contributed by atoms with Gasteiger partial charge in [-0.15, -0.1) is 11.3 Å². The molecule has 0 aliphatic heterocycles. The highest BCUT2D eigenvalue weighted by molar-refractivity contribution is 7.19. The van der Waals surface area contributed by atoms with E-state index in [-0.39, 0.29) is 11.5 Å². The summed E-state index contributed by atoms with van der Waals surface area (Å²) in [4.78, 5) is 25.7. The van der Waals surface area contributed by atoms with Gasteiger partial charge in [-0.3, -0.25) is 9.59 Å². The van der Waals surface area contributed by atoms with E-state index in [0.29, 0.717) is 29.9 Å². The molecule has 184 valence electrons. The number of hydrogen-bond acceptors (Lipinski definition) is 7. The number of thiophene rings is 1. The first-order valence-electron chi connectivity index (χ1n) is 11.4. The van der Waals surface area contributed by atoms with Crippen molar-refractivity contribution in [2.75, 3.05) is 20.8 Å². The lowest BCUT2D eigenvalue weighted by molar-refractivity contribution is -0.154. The lowest BCUT2D eigenvalue weighted by atomic mass is 10.1. The van der Waals surface area contributed by atoms with Gasteiger partial charge in [0.15, 0.2) is 11.5 Å². The average molecular weight is 487 g/mol. The first kappa shape index (κ1) is 25.8. The van der Waals surface area contributed by atoms with Crippen molar-refractivity contribution in [2.45, 2.75) is 52.2 Å². The lowest BCUT2D eigenvalue weighted by Crippen LogP contribution is -2.23. The average Bonchev–Trinajstić information content (AvgIpc) is 3.21. The molecule has 0 radical (unpaired) electrons. The van der Waals surface area contributed by atoms with Crippen LogP contribution in [0.2, 0.25) is 0 Å². The normalized spacial score (nSPS) is 11.6. The SMILES string of the molecule is COc1ccc(-c2cn(C)c(=O)c3cc(CNCCCCC(=O)OC(C)(C)C)sc23)cc1OC. The van der Waals surface area contributed by atoms with Crippen molar-refractivity contribution >= 4 is 27.4 Å². The summed E-state index contributed by atoms with van der Waals surface area (Å²) in [5, 5.41) is 4.13. The van der Waals surface area contributed by atoms with Gasteiger partial charge in [0, 0.05) is 41.4 Å². The number of ether oxygens (including phenoxy) is 3. The molecule has 0 fully saturated rings. The summed E-state index contributed by atoms with van der Waals surface area (Å²) in [5.41, 5.74) is 1.48. The van der Waals surface area contributed by atoms with E-state index < -0.39 is 5.60 Å². The Morgan fingerprint density at radius 3 is 2.50 bits per heavy atom. The molecule has 2 heterocycles. The van der Waals surface area contributed by atoms with Crippen molar-refractivity contribution < 1.29 is 19.0 Å². The van der Waals surface area contributed by atoms with Gasteiger partial charge in [-0.1, -0.05) is 6.07 Å². The minimum absolute atomic E-state index is 0.0147. The maximum absolute atomic E-state index is 12.8. The highest BCUT2D eigenvalue weighted by Gasteiger charge is 2.16. The molecule has 3 rings (SSSR count). The third-order valence-electron chi connectivity index (χ3n) is 5.30. The fourth-order valence-electron chi connectivity index (χ4n) is 3.72. The number of methoxy groups -OCH3 is 2. The molecule has 0 saturated heterocycles. The number of unbranched alkanes of at least 4 members (excludes halogenated alkanes) is 1. The van der Waals surface area contributed by atoms with Crippen LogP contribution in [0.3, 0.4) is 0 Å². The Morgan fingerprint density at radius 1 is 1.09 bits per heavy atom. The van der Waals surface area contributed by atoms with E-state index in [1.54, 1.807) is 37.2 Å². The zero-order valence-corrected chi connectivity index (χ0v) is 21.6. The Hall–Kier alpha value is -2.84. The summed E-state index contributed by atoms with van der Waals surface area (Å²) in [6.07, 6.45) is 3.95. The number of nitrogens with one attached hydrogen (secondary N) is 1. The summed E-state index contributed by atoms with van der Waals surface area (Å²) in [7, 11) is 4.99. The number of aryl methyl sites for hydroxylation is 1. The van der Waals surface area contributed by atoms with Crippen LogP contribution in [0.25, 0.3) is 21.2 Å². The van der Waals surface area contributed by atoms with E-state index in [1.807, 2.05) is 51.2 Å². The molecule has 0 unspecified atom stereocenters. The van der Waals surface area contributed by atoms with E-state index in [1.165, 1.54) is 0 Å². The first-order chi connectivity index (χ1) is 16.1. The van der Waals surface area contributed by atoms with E-state index in [4.69, 9.17) is 14.2 Å². The highest BCUT2D eigenvalue weighted by Crippen LogP contribution is 2.37. The van der Waals surface area contributed by atoms with E-state index in [9.17, 15) is 9.59 Å². The van der Waals surface area contributed by atoms with Crippen molar-refractivity contribution in [1.82, 2.24) is 9.88 Å². The fourth-order valence-corrected chi connectivity index (χ4v) is 4.87. The van der Waals surface area contributed by atoms with Gasteiger partial charge in [-0.25, -0.2) is 0 Å². The first-order valence-corrected chi connectivity index (χ1v) is 12.2.